The number of fused-ring (bicyclic) bond motifs is 1. The Kier molecular flexibility index (Phi) is 3.12. The number of amides is 1. The van der Waals surface area contributed by atoms with Crippen LogP contribution in [-0.2, 0) is 11.3 Å². The third-order valence-corrected chi connectivity index (χ3v) is 2.26. The van der Waals surface area contributed by atoms with Gasteiger partial charge < -0.3 is 11.1 Å². The fraction of sp³-hybridized carbons (Fsp3) is 0.167. The normalized spacial score (nSPS) is 10.5. The summed E-state index contributed by atoms with van der Waals surface area (Å²) in [7, 11) is 0. The molecule has 0 saturated carbocycles. The lowest BCUT2D eigenvalue weighted by Crippen LogP contribution is -2.28. The van der Waals surface area contributed by atoms with Crippen molar-refractivity contribution in [1.29, 1.82) is 0 Å². The van der Waals surface area contributed by atoms with E-state index in [0.717, 1.165) is 16.6 Å². The number of nitrogens with one attached hydrogen (secondary N) is 1. The molecule has 0 atom stereocenters. The first-order chi connectivity index (χ1) is 7.75. The third-order valence-electron chi connectivity index (χ3n) is 2.26. The molecule has 16 heavy (non-hydrogen) atoms. The fourth-order valence-corrected chi connectivity index (χ4v) is 1.52. The Hall–Kier alpha value is -1.94. The van der Waals surface area contributed by atoms with Crippen molar-refractivity contribution in [1.82, 2.24) is 10.3 Å². The predicted molar refractivity (Wildman–Crippen MR) is 62.6 cm³/mol. The molecule has 1 aromatic carbocycles. The number of para-hydroxylation sites is 1. The summed E-state index contributed by atoms with van der Waals surface area (Å²) in [5.41, 5.74) is 6.89. The second-order valence-electron chi connectivity index (χ2n) is 3.57. The van der Waals surface area contributed by atoms with E-state index in [1.165, 1.54) is 0 Å². The summed E-state index contributed by atoms with van der Waals surface area (Å²) in [5, 5.41) is 4.04. The number of primary amides is 1. The number of nitrogens with two attached hydrogens (primary N) is 1. The summed E-state index contributed by atoms with van der Waals surface area (Å²) in [6, 6.07) is 11.9. The van der Waals surface area contributed by atoms with E-state index in [4.69, 9.17) is 5.73 Å². The molecular weight excluding hydrogens is 202 g/mol. The van der Waals surface area contributed by atoms with Crippen LogP contribution in [0.2, 0.25) is 0 Å². The SMILES string of the molecule is NC(=O)CNCc1ccc2ccccc2n1. The van der Waals surface area contributed by atoms with E-state index in [9.17, 15) is 4.79 Å². The number of hydrogen-bond donors (Lipinski definition) is 2. The maximum atomic E-state index is 10.5. The van der Waals surface area contributed by atoms with Gasteiger partial charge in [0.1, 0.15) is 0 Å². The van der Waals surface area contributed by atoms with Gasteiger partial charge in [0.2, 0.25) is 5.91 Å². The second kappa shape index (κ2) is 4.72. The van der Waals surface area contributed by atoms with Crippen LogP contribution < -0.4 is 11.1 Å². The molecule has 3 N–H and O–H groups in total. The lowest BCUT2D eigenvalue weighted by atomic mass is 10.2. The Bertz CT molecular complexity index is 510. The fourth-order valence-electron chi connectivity index (χ4n) is 1.52. The molecule has 2 aromatic rings. The zero-order chi connectivity index (χ0) is 11.4. The van der Waals surface area contributed by atoms with Crippen LogP contribution in [0.5, 0.6) is 0 Å². The van der Waals surface area contributed by atoms with Crippen LogP contribution in [0.25, 0.3) is 10.9 Å². The number of benzene rings is 1. The molecule has 2 rings (SSSR count). The van der Waals surface area contributed by atoms with Gasteiger partial charge in [0.05, 0.1) is 17.8 Å². The number of aromatic nitrogens is 1. The van der Waals surface area contributed by atoms with Gasteiger partial charge in [-0.3, -0.25) is 9.78 Å². The topological polar surface area (TPSA) is 68.0 Å². The van der Waals surface area contributed by atoms with E-state index in [1.807, 2.05) is 36.4 Å². The van der Waals surface area contributed by atoms with Gasteiger partial charge in [0.25, 0.3) is 0 Å². The molecule has 0 aliphatic carbocycles. The summed E-state index contributed by atoms with van der Waals surface area (Å²) in [5.74, 6) is -0.360. The maximum absolute atomic E-state index is 10.5. The highest BCUT2D eigenvalue weighted by Gasteiger charge is 1.98. The molecule has 1 aromatic heterocycles. The second-order valence-corrected chi connectivity index (χ2v) is 3.57. The molecule has 4 heteroatoms. The average Bonchev–Trinajstić information content (AvgIpc) is 2.28. The van der Waals surface area contributed by atoms with Crippen molar-refractivity contribution in [2.24, 2.45) is 5.73 Å². The van der Waals surface area contributed by atoms with E-state index in [-0.39, 0.29) is 12.5 Å². The molecule has 0 radical (unpaired) electrons. The first-order valence-electron chi connectivity index (χ1n) is 5.09. The van der Waals surface area contributed by atoms with Crippen LogP contribution in [-0.4, -0.2) is 17.4 Å². The van der Waals surface area contributed by atoms with Crippen LogP contribution in [0.4, 0.5) is 0 Å². The highest BCUT2D eigenvalue weighted by molar-refractivity contribution is 5.78. The first kappa shape index (κ1) is 10.6. The zero-order valence-corrected chi connectivity index (χ0v) is 8.81. The third kappa shape index (κ3) is 2.55. The van der Waals surface area contributed by atoms with Crippen LogP contribution in [0.15, 0.2) is 36.4 Å². The molecule has 0 spiro atoms. The quantitative estimate of drug-likeness (QED) is 0.793. The van der Waals surface area contributed by atoms with Gasteiger partial charge in [-0.15, -0.1) is 0 Å². The van der Waals surface area contributed by atoms with Crippen molar-refractivity contribution in [3.05, 3.63) is 42.1 Å². The van der Waals surface area contributed by atoms with Crippen LogP contribution >= 0.6 is 0 Å². The van der Waals surface area contributed by atoms with Gasteiger partial charge >= 0.3 is 0 Å². The van der Waals surface area contributed by atoms with E-state index in [0.29, 0.717) is 6.54 Å². The van der Waals surface area contributed by atoms with Crippen molar-refractivity contribution in [3.8, 4) is 0 Å². The van der Waals surface area contributed by atoms with Crippen LogP contribution in [0.1, 0.15) is 5.69 Å². The smallest absolute Gasteiger partial charge is 0.231 e. The molecule has 1 amide bonds. The standard InChI is InChI=1S/C12H13N3O/c13-12(16)8-14-7-10-6-5-9-3-1-2-4-11(9)15-10/h1-6,14H,7-8H2,(H2,13,16). The van der Waals surface area contributed by atoms with Crippen LogP contribution in [0, 0.1) is 0 Å². The lowest BCUT2D eigenvalue weighted by Gasteiger charge is -2.03. The number of rotatable bonds is 4. The lowest BCUT2D eigenvalue weighted by molar-refractivity contribution is -0.117. The molecule has 0 bridgehead atoms. The monoisotopic (exact) mass is 215 g/mol. The molecule has 0 aliphatic heterocycles. The van der Waals surface area contributed by atoms with Crippen molar-refractivity contribution < 1.29 is 4.79 Å². The Morgan fingerprint density at radius 2 is 2.06 bits per heavy atom. The Labute approximate surface area is 93.5 Å². The Morgan fingerprint density at radius 1 is 1.25 bits per heavy atom. The predicted octanol–water partition coefficient (Wildman–Crippen LogP) is 0.810. The van der Waals surface area contributed by atoms with Crippen molar-refractivity contribution >= 4 is 16.8 Å². The van der Waals surface area contributed by atoms with Gasteiger partial charge in [-0.25, -0.2) is 0 Å². The minimum Gasteiger partial charge on any atom is -0.369 e. The Balaban J connectivity index is 2.10. The summed E-state index contributed by atoms with van der Waals surface area (Å²) in [4.78, 5) is 15.0. The summed E-state index contributed by atoms with van der Waals surface area (Å²) in [6.45, 7) is 0.724. The number of hydrogen-bond acceptors (Lipinski definition) is 3. The zero-order valence-electron chi connectivity index (χ0n) is 8.81. The first-order valence-corrected chi connectivity index (χ1v) is 5.09. The van der Waals surface area contributed by atoms with E-state index < -0.39 is 0 Å². The molecule has 0 aliphatic rings. The molecular formula is C12H13N3O. The highest BCUT2D eigenvalue weighted by atomic mass is 16.1. The number of pyridine rings is 1. The number of carbonyl (C=O) groups is 1. The number of nitrogens with zero attached hydrogens (tertiary/aromatic N) is 1. The maximum Gasteiger partial charge on any atom is 0.231 e. The Morgan fingerprint density at radius 3 is 2.88 bits per heavy atom. The van der Waals surface area contributed by atoms with Gasteiger partial charge in [-0.05, 0) is 12.1 Å². The van der Waals surface area contributed by atoms with Crippen molar-refractivity contribution in [3.63, 3.8) is 0 Å². The molecule has 4 nitrogen and oxygen atoms in total. The number of carbonyl (C=O) groups excluding carboxylic acids is 1. The molecule has 0 saturated heterocycles. The van der Waals surface area contributed by atoms with E-state index >= 15 is 0 Å². The van der Waals surface area contributed by atoms with E-state index in [1.54, 1.807) is 0 Å². The minimum atomic E-state index is -0.360. The summed E-state index contributed by atoms with van der Waals surface area (Å²) < 4.78 is 0. The van der Waals surface area contributed by atoms with E-state index in [2.05, 4.69) is 10.3 Å². The minimum absolute atomic E-state index is 0.175. The average molecular weight is 215 g/mol. The molecule has 0 fully saturated rings. The van der Waals surface area contributed by atoms with Crippen LogP contribution in [0.3, 0.4) is 0 Å². The van der Waals surface area contributed by atoms with Gasteiger partial charge in [0.15, 0.2) is 0 Å². The molecule has 0 unspecified atom stereocenters. The summed E-state index contributed by atoms with van der Waals surface area (Å²) in [6.07, 6.45) is 0. The van der Waals surface area contributed by atoms with Crippen molar-refractivity contribution in [2.75, 3.05) is 6.54 Å². The highest BCUT2D eigenvalue weighted by Crippen LogP contribution is 2.11. The van der Waals surface area contributed by atoms with Gasteiger partial charge in [-0.2, -0.15) is 0 Å². The molecule has 1 heterocycles. The molecule has 82 valence electrons. The summed E-state index contributed by atoms with van der Waals surface area (Å²) >= 11 is 0. The largest absolute Gasteiger partial charge is 0.369 e. The van der Waals surface area contributed by atoms with Gasteiger partial charge in [-0.1, -0.05) is 24.3 Å². The van der Waals surface area contributed by atoms with Gasteiger partial charge in [0, 0.05) is 11.9 Å². The van der Waals surface area contributed by atoms with Crippen molar-refractivity contribution in [2.45, 2.75) is 6.54 Å².